The number of hydrogen-bond acceptors (Lipinski definition) is 7. The largest absolute Gasteiger partial charge is 0.449 e. The van der Waals surface area contributed by atoms with Gasteiger partial charge in [-0.3, -0.25) is 0 Å². The Morgan fingerprint density at radius 1 is 1.10 bits per heavy atom. The van der Waals surface area contributed by atoms with Crippen LogP contribution in [0.4, 0.5) is 4.79 Å². The number of benzene rings is 2. The molecular weight excluding hydrogens is 659 g/mol. The van der Waals surface area contributed by atoms with E-state index in [4.69, 9.17) is 4.74 Å². The number of allylic oxidation sites excluding steroid dienone is 2. The Hall–Kier alpha value is -2.64. The number of rotatable bonds is 8. The number of amides is 2. The Morgan fingerprint density at radius 3 is 2.52 bits per heavy atom. The van der Waals surface area contributed by atoms with Crippen molar-refractivity contribution in [3.63, 3.8) is 0 Å². The predicted molar refractivity (Wildman–Crippen MR) is 153 cm³/mol. The van der Waals surface area contributed by atoms with Crippen LogP contribution in [0, 0.1) is 0 Å². The van der Waals surface area contributed by atoms with Crippen molar-refractivity contribution in [2.75, 3.05) is 26.2 Å². The number of unbranched alkanes of at least 4 members (excludes halogenated alkanes) is 1. The number of thioether (sulfide) groups is 1. The van der Waals surface area contributed by atoms with E-state index in [0.29, 0.717) is 35.7 Å². The summed E-state index contributed by atoms with van der Waals surface area (Å²) in [5.41, 5.74) is 4.70. The third-order valence-corrected chi connectivity index (χ3v) is 12.1. The molecule has 0 saturated heterocycles. The van der Waals surface area contributed by atoms with Crippen LogP contribution in [0.5, 0.6) is 0 Å². The molecule has 2 aromatic carbocycles. The van der Waals surface area contributed by atoms with Gasteiger partial charge in [0.25, 0.3) is 0 Å². The molecule has 0 atom stereocenters. The molecule has 208 valence electrons. The molecule has 3 aromatic rings. The third-order valence-electron chi connectivity index (χ3n) is 7.05. The van der Waals surface area contributed by atoms with Crippen LogP contribution in [-0.2, 0) is 4.74 Å². The molecular formula is C30H28IN2O5S2-. The maximum atomic E-state index is 13.3. The summed E-state index contributed by atoms with van der Waals surface area (Å²) in [6, 6.07) is 18.3. The standard InChI is InChI=1S/C30H28IN2O5S2/c34-28-27-26(16-25(39-27)24-12-7-13-31-24)40-30(36,37)18-33(28)15-6-5-14-32-29(35)38-17-23-21-10-3-1-8-19(21)20-9-2-4-11-22(20)23/h1-4,7-13,16,23,36-37H,5-6,14-15,17-18H2,(H,32,35)/q-1. The number of β-amino-alcohol motifs (C(OH)–C–C–N with tert-alkyl or cyclic N) is 2. The zero-order valence-electron chi connectivity index (χ0n) is 21.5. The summed E-state index contributed by atoms with van der Waals surface area (Å²) in [5.74, 6) is -0.175. The molecule has 0 bridgehead atoms. The van der Waals surface area contributed by atoms with Crippen LogP contribution in [0.25, 0.3) is 14.7 Å². The molecule has 2 amide bonds. The van der Waals surface area contributed by atoms with Crippen LogP contribution in [0.3, 0.4) is 0 Å². The number of carbonyl (C=O) groups is 2. The second kappa shape index (κ2) is 11.7. The van der Waals surface area contributed by atoms with Gasteiger partial charge in [-0.2, -0.15) is 0 Å². The van der Waals surface area contributed by atoms with Crippen molar-refractivity contribution in [3.05, 3.63) is 91.7 Å². The summed E-state index contributed by atoms with van der Waals surface area (Å²) >= 11 is 2.14. The normalized spacial score (nSPS) is 17.4. The van der Waals surface area contributed by atoms with Crippen molar-refractivity contribution in [3.8, 4) is 11.1 Å². The van der Waals surface area contributed by atoms with Crippen molar-refractivity contribution in [1.82, 2.24) is 10.2 Å². The second-order valence-electron chi connectivity index (χ2n) is 9.78. The minimum absolute atomic E-state index is 0.00744. The first-order valence-electron chi connectivity index (χ1n) is 13.1. The summed E-state index contributed by atoms with van der Waals surface area (Å²) in [5, 5.41) is 21.8. The van der Waals surface area contributed by atoms with Crippen molar-refractivity contribution in [1.29, 1.82) is 0 Å². The van der Waals surface area contributed by atoms with Gasteiger partial charge in [-0.05, 0) is 22.3 Å². The number of aliphatic hydroxyl groups is 2. The van der Waals surface area contributed by atoms with Gasteiger partial charge in [-0.15, -0.1) is 0 Å². The smallest absolute Gasteiger partial charge is 0.104 e. The molecule has 0 radical (unpaired) electrons. The first-order valence-corrected chi connectivity index (χ1v) is 17.0. The zero-order chi connectivity index (χ0) is 27.7. The Balaban J connectivity index is 0.991. The molecule has 2 aliphatic heterocycles. The van der Waals surface area contributed by atoms with Crippen LogP contribution < -0.4 is 26.5 Å². The van der Waals surface area contributed by atoms with E-state index in [1.165, 1.54) is 42.1 Å². The van der Waals surface area contributed by atoms with Crippen molar-refractivity contribution in [2.24, 2.45) is 0 Å². The van der Waals surface area contributed by atoms with Gasteiger partial charge in [-0.25, -0.2) is 4.79 Å². The van der Waals surface area contributed by atoms with E-state index in [0.717, 1.165) is 16.6 Å². The number of halogens is 1. The van der Waals surface area contributed by atoms with E-state index in [1.54, 1.807) is 0 Å². The maximum Gasteiger partial charge on any atom is 0.104 e. The van der Waals surface area contributed by atoms with Gasteiger partial charge < -0.3 is 4.74 Å². The molecule has 40 heavy (non-hydrogen) atoms. The van der Waals surface area contributed by atoms with Gasteiger partial charge in [0.05, 0.1) is 0 Å². The first-order chi connectivity index (χ1) is 19.4. The fourth-order valence-electron chi connectivity index (χ4n) is 5.23. The molecule has 3 heterocycles. The Morgan fingerprint density at radius 2 is 1.82 bits per heavy atom. The SMILES string of the molecule is O=C(NCCCCN1CC(O)(O)Sc2cc(C3=CC=C[I-]3)sc2C1=O)OCC1c2ccccc2-c2ccccc21. The molecule has 0 fully saturated rings. The monoisotopic (exact) mass is 687 g/mol. The number of carbonyl (C=O) groups excluding carboxylic acids is 2. The summed E-state index contributed by atoms with van der Waals surface area (Å²) in [6.45, 7) is 0.841. The molecule has 3 N–H and O–H groups in total. The number of ether oxygens (including phenoxy) is 1. The van der Waals surface area contributed by atoms with E-state index in [-0.39, 0.29) is 46.2 Å². The fourth-order valence-corrected chi connectivity index (χ4v) is 9.74. The Labute approximate surface area is 251 Å². The average molecular weight is 688 g/mol. The number of fused-ring (bicyclic) bond motifs is 4. The maximum absolute atomic E-state index is 13.3. The summed E-state index contributed by atoms with van der Waals surface area (Å²) in [4.78, 5) is 29.4. The molecule has 1 aromatic heterocycles. The average Bonchev–Trinajstić information content (AvgIpc) is 3.67. The number of thiophene rings is 1. The van der Waals surface area contributed by atoms with E-state index in [2.05, 4.69) is 39.7 Å². The van der Waals surface area contributed by atoms with Gasteiger partial charge in [0.15, 0.2) is 0 Å². The number of nitrogens with one attached hydrogen (secondary N) is 1. The van der Waals surface area contributed by atoms with E-state index >= 15 is 0 Å². The Kier molecular flexibility index (Phi) is 8.04. The summed E-state index contributed by atoms with van der Waals surface area (Å²) < 4.78 is 8.99. The molecule has 6 rings (SSSR count). The van der Waals surface area contributed by atoms with Gasteiger partial charge >= 0.3 is 160 Å². The molecule has 3 aliphatic rings. The number of nitrogens with zero attached hydrogens (tertiary/aromatic N) is 1. The van der Waals surface area contributed by atoms with E-state index < -0.39 is 11.2 Å². The van der Waals surface area contributed by atoms with Crippen LogP contribution in [-0.4, -0.2) is 58.5 Å². The van der Waals surface area contributed by atoms with Crippen molar-refractivity contribution >= 4 is 38.7 Å². The van der Waals surface area contributed by atoms with E-state index in [9.17, 15) is 19.8 Å². The summed E-state index contributed by atoms with van der Waals surface area (Å²) in [6.07, 6.45) is 4.86. The number of alkyl carbamates (subject to hydrolysis) is 1. The van der Waals surface area contributed by atoms with Gasteiger partial charge in [0, 0.05) is 5.92 Å². The fraction of sp³-hybridized carbons (Fsp3) is 0.267. The van der Waals surface area contributed by atoms with Crippen LogP contribution in [0.2, 0.25) is 0 Å². The predicted octanol–water partition coefficient (Wildman–Crippen LogP) is 2.21. The second-order valence-corrected chi connectivity index (χ2v) is 14.6. The molecule has 1 aliphatic carbocycles. The minimum atomic E-state index is -2.06. The van der Waals surface area contributed by atoms with Gasteiger partial charge in [0.2, 0.25) is 0 Å². The zero-order valence-corrected chi connectivity index (χ0v) is 25.3. The van der Waals surface area contributed by atoms with Crippen LogP contribution in [0.1, 0.15) is 44.4 Å². The van der Waals surface area contributed by atoms with Crippen LogP contribution >= 0.6 is 23.1 Å². The number of hydrogen-bond donors (Lipinski definition) is 3. The third kappa shape index (κ3) is 5.73. The van der Waals surface area contributed by atoms with Crippen molar-refractivity contribution in [2.45, 2.75) is 28.8 Å². The van der Waals surface area contributed by atoms with Crippen LogP contribution in [0.15, 0.2) is 75.7 Å². The molecule has 0 spiro atoms. The first kappa shape index (κ1) is 27.5. The molecule has 0 saturated carbocycles. The van der Waals surface area contributed by atoms with Crippen molar-refractivity contribution < 1.29 is 45.7 Å². The van der Waals surface area contributed by atoms with E-state index in [1.807, 2.05) is 36.4 Å². The van der Waals surface area contributed by atoms with Gasteiger partial charge in [-0.1, -0.05) is 48.5 Å². The molecule has 0 unspecified atom stereocenters. The summed E-state index contributed by atoms with van der Waals surface area (Å²) in [7, 11) is 0. The quantitative estimate of drug-likeness (QED) is 0.191. The Bertz CT molecular complexity index is 1470. The molecule has 10 heteroatoms. The minimum Gasteiger partial charge on any atom is -0.449 e. The molecule has 7 nitrogen and oxygen atoms in total. The topological polar surface area (TPSA) is 99.1 Å². The van der Waals surface area contributed by atoms with Gasteiger partial charge in [0.1, 0.15) is 6.61 Å².